The number of halogens is 3. The lowest BCUT2D eigenvalue weighted by Gasteiger charge is -2.32. The summed E-state index contributed by atoms with van der Waals surface area (Å²) in [6.45, 7) is 1.10. The molecule has 190 valence electrons. The Balaban J connectivity index is 2.05. The number of rotatable bonds is 9. The molecule has 36 heavy (non-hydrogen) atoms. The van der Waals surface area contributed by atoms with Gasteiger partial charge in [-0.1, -0.05) is 69.5 Å². The van der Waals surface area contributed by atoms with Crippen molar-refractivity contribution in [3.63, 3.8) is 0 Å². The lowest BCUT2D eigenvalue weighted by atomic mass is 10.1. The topological polar surface area (TPSA) is 86.8 Å². The second-order valence-electron chi connectivity index (χ2n) is 7.89. The largest absolute Gasteiger partial charge is 0.357 e. The summed E-state index contributed by atoms with van der Waals surface area (Å²) >= 11 is 15.7. The van der Waals surface area contributed by atoms with E-state index < -0.39 is 28.5 Å². The minimum absolute atomic E-state index is 0.00675. The van der Waals surface area contributed by atoms with Gasteiger partial charge in [-0.2, -0.15) is 0 Å². The number of hydrogen-bond donors (Lipinski definition) is 1. The molecule has 0 aliphatic carbocycles. The van der Waals surface area contributed by atoms with E-state index in [1.54, 1.807) is 25.1 Å². The first-order valence-electron chi connectivity index (χ1n) is 10.8. The van der Waals surface area contributed by atoms with Gasteiger partial charge in [-0.15, -0.1) is 0 Å². The Labute approximate surface area is 229 Å². The highest BCUT2D eigenvalue weighted by Crippen LogP contribution is 2.30. The van der Waals surface area contributed by atoms with Crippen molar-refractivity contribution in [3.05, 3.63) is 92.9 Å². The highest BCUT2D eigenvalue weighted by atomic mass is 79.9. The van der Waals surface area contributed by atoms with Crippen LogP contribution < -0.4 is 9.62 Å². The van der Waals surface area contributed by atoms with Crippen LogP contribution in [0.3, 0.4) is 0 Å². The highest BCUT2D eigenvalue weighted by molar-refractivity contribution is 9.10. The van der Waals surface area contributed by atoms with Gasteiger partial charge >= 0.3 is 0 Å². The van der Waals surface area contributed by atoms with Crippen LogP contribution in [0.25, 0.3) is 0 Å². The number of carbonyl (C=O) groups is 2. The Morgan fingerprint density at radius 3 is 2.11 bits per heavy atom. The van der Waals surface area contributed by atoms with Gasteiger partial charge in [-0.3, -0.25) is 13.9 Å². The van der Waals surface area contributed by atoms with Gasteiger partial charge in [0.25, 0.3) is 10.0 Å². The Morgan fingerprint density at radius 1 is 0.972 bits per heavy atom. The standard InChI is InChI=1S/C25H24BrCl2N3O4S/c1-17(25(33)29-2)30(15-18-8-10-19(26)11-9-18)24(32)16-31(22-13-20(27)12-21(28)14-22)36(34,35)23-6-4-3-5-7-23/h3-14,17H,15-16H2,1-2H3,(H,29,33). The minimum Gasteiger partial charge on any atom is -0.357 e. The summed E-state index contributed by atoms with van der Waals surface area (Å²) in [5.41, 5.74) is 0.895. The normalized spacial score (nSPS) is 12.0. The Hall–Kier alpha value is -2.59. The van der Waals surface area contributed by atoms with E-state index in [1.165, 1.54) is 42.3 Å². The third-order valence-corrected chi connectivity index (χ3v) is 8.18. The lowest BCUT2D eigenvalue weighted by molar-refractivity contribution is -0.139. The van der Waals surface area contributed by atoms with Gasteiger partial charge < -0.3 is 10.2 Å². The van der Waals surface area contributed by atoms with Crippen molar-refractivity contribution in [2.24, 2.45) is 0 Å². The second-order valence-corrected chi connectivity index (χ2v) is 11.5. The van der Waals surface area contributed by atoms with Gasteiger partial charge in [0.05, 0.1) is 10.6 Å². The fourth-order valence-electron chi connectivity index (χ4n) is 3.51. The molecule has 0 radical (unpaired) electrons. The molecule has 3 aromatic rings. The minimum atomic E-state index is -4.18. The molecule has 0 aliphatic heterocycles. The average molecular weight is 613 g/mol. The summed E-state index contributed by atoms with van der Waals surface area (Å²) in [7, 11) is -2.71. The number of sulfonamides is 1. The number of carbonyl (C=O) groups excluding carboxylic acids is 2. The molecular weight excluding hydrogens is 589 g/mol. The zero-order chi connectivity index (χ0) is 26.5. The van der Waals surface area contributed by atoms with Crippen molar-refractivity contribution < 1.29 is 18.0 Å². The third-order valence-electron chi connectivity index (χ3n) is 5.43. The van der Waals surface area contributed by atoms with Crippen LogP contribution in [0.2, 0.25) is 10.0 Å². The zero-order valence-electron chi connectivity index (χ0n) is 19.5. The predicted molar refractivity (Wildman–Crippen MR) is 146 cm³/mol. The van der Waals surface area contributed by atoms with Crippen LogP contribution in [-0.4, -0.2) is 44.8 Å². The van der Waals surface area contributed by atoms with Crippen molar-refractivity contribution in [1.82, 2.24) is 10.2 Å². The van der Waals surface area contributed by atoms with Crippen LogP contribution in [0.15, 0.2) is 82.2 Å². The van der Waals surface area contributed by atoms with E-state index >= 15 is 0 Å². The monoisotopic (exact) mass is 611 g/mol. The summed E-state index contributed by atoms with van der Waals surface area (Å²) in [6, 6.07) is 18.5. The first-order valence-corrected chi connectivity index (χ1v) is 13.8. The Kier molecular flexibility index (Phi) is 9.41. The van der Waals surface area contributed by atoms with Gasteiger partial charge in [-0.05, 0) is 55.0 Å². The van der Waals surface area contributed by atoms with Gasteiger partial charge in [-0.25, -0.2) is 8.42 Å². The number of amides is 2. The SMILES string of the molecule is CNC(=O)C(C)N(Cc1ccc(Br)cc1)C(=O)CN(c1cc(Cl)cc(Cl)c1)S(=O)(=O)c1ccccc1. The van der Waals surface area contributed by atoms with Crippen molar-refractivity contribution in [2.45, 2.75) is 24.4 Å². The fraction of sp³-hybridized carbons (Fsp3) is 0.200. The molecule has 3 aromatic carbocycles. The number of benzene rings is 3. The molecule has 0 aromatic heterocycles. The molecule has 7 nitrogen and oxygen atoms in total. The van der Waals surface area contributed by atoms with Crippen molar-refractivity contribution >= 4 is 66.7 Å². The molecule has 1 unspecified atom stereocenters. The first-order chi connectivity index (χ1) is 17.0. The second kappa shape index (κ2) is 12.1. The number of nitrogens with one attached hydrogen (secondary N) is 1. The number of likely N-dealkylation sites (N-methyl/N-ethyl adjacent to an activating group) is 1. The molecule has 0 saturated heterocycles. The van der Waals surface area contributed by atoms with Crippen molar-refractivity contribution in [1.29, 1.82) is 0 Å². The molecule has 0 spiro atoms. The van der Waals surface area contributed by atoms with E-state index in [1.807, 2.05) is 24.3 Å². The van der Waals surface area contributed by atoms with Crippen LogP contribution >= 0.6 is 39.1 Å². The first kappa shape index (κ1) is 28.0. The predicted octanol–water partition coefficient (Wildman–Crippen LogP) is 5.11. The maximum absolute atomic E-state index is 13.7. The maximum atomic E-state index is 13.7. The fourth-order valence-corrected chi connectivity index (χ4v) is 5.71. The van der Waals surface area contributed by atoms with E-state index in [2.05, 4.69) is 21.2 Å². The summed E-state index contributed by atoms with van der Waals surface area (Å²) in [6.07, 6.45) is 0. The van der Waals surface area contributed by atoms with Crippen LogP contribution in [0.5, 0.6) is 0 Å². The maximum Gasteiger partial charge on any atom is 0.264 e. The van der Waals surface area contributed by atoms with E-state index in [0.29, 0.717) is 0 Å². The summed E-state index contributed by atoms with van der Waals surface area (Å²) in [5.74, 6) is -0.964. The summed E-state index contributed by atoms with van der Waals surface area (Å²) in [5, 5.41) is 2.97. The molecule has 1 N–H and O–H groups in total. The Bertz CT molecular complexity index is 1320. The number of nitrogens with zero attached hydrogens (tertiary/aromatic N) is 2. The molecule has 0 heterocycles. The highest BCUT2D eigenvalue weighted by Gasteiger charge is 2.32. The molecule has 0 bridgehead atoms. The molecule has 0 aliphatic rings. The van der Waals surface area contributed by atoms with Crippen LogP contribution in [0.1, 0.15) is 12.5 Å². The molecule has 2 amide bonds. The van der Waals surface area contributed by atoms with Crippen LogP contribution in [0.4, 0.5) is 5.69 Å². The molecule has 1 atom stereocenters. The van der Waals surface area contributed by atoms with Crippen LogP contribution in [-0.2, 0) is 26.2 Å². The quantitative estimate of drug-likeness (QED) is 0.364. The van der Waals surface area contributed by atoms with E-state index in [-0.39, 0.29) is 33.1 Å². The average Bonchev–Trinajstić information content (AvgIpc) is 2.85. The molecular formula is C25H24BrCl2N3O4S. The smallest absolute Gasteiger partial charge is 0.264 e. The summed E-state index contributed by atoms with van der Waals surface area (Å²) in [4.78, 5) is 27.5. The van der Waals surface area contributed by atoms with Crippen molar-refractivity contribution in [2.75, 3.05) is 17.9 Å². The number of anilines is 1. The number of hydrogen-bond acceptors (Lipinski definition) is 4. The van der Waals surface area contributed by atoms with Gasteiger partial charge in [0, 0.05) is 28.1 Å². The third kappa shape index (κ3) is 6.79. The zero-order valence-corrected chi connectivity index (χ0v) is 23.4. The lowest BCUT2D eigenvalue weighted by Crippen LogP contribution is -2.50. The van der Waals surface area contributed by atoms with E-state index in [4.69, 9.17) is 23.2 Å². The molecule has 3 rings (SSSR count). The van der Waals surface area contributed by atoms with Crippen LogP contribution in [0, 0.1) is 0 Å². The van der Waals surface area contributed by atoms with E-state index in [0.717, 1.165) is 14.3 Å². The summed E-state index contributed by atoms with van der Waals surface area (Å²) < 4.78 is 29.1. The van der Waals surface area contributed by atoms with Gasteiger partial charge in [0.1, 0.15) is 12.6 Å². The van der Waals surface area contributed by atoms with Crippen molar-refractivity contribution in [3.8, 4) is 0 Å². The Morgan fingerprint density at radius 2 is 1.56 bits per heavy atom. The molecule has 0 fully saturated rings. The van der Waals surface area contributed by atoms with E-state index in [9.17, 15) is 18.0 Å². The molecule has 0 saturated carbocycles. The van der Waals surface area contributed by atoms with Gasteiger partial charge in [0.2, 0.25) is 11.8 Å². The molecule has 11 heteroatoms. The van der Waals surface area contributed by atoms with Gasteiger partial charge in [0.15, 0.2) is 0 Å².